The number of nitrogens with one attached hydrogen (secondary N) is 2. The Hall–Kier alpha value is -0.640. The number of sulfonamides is 1. The van der Waals surface area contributed by atoms with Gasteiger partial charge < -0.3 is 11.1 Å². The second-order valence-corrected chi connectivity index (χ2v) is 7.11. The molecule has 0 unspecified atom stereocenters. The maximum absolute atomic E-state index is 12.1. The molecule has 0 saturated heterocycles. The van der Waals surface area contributed by atoms with Crippen LogP contribution in [0, 0.1) is 0 Å². The lowest BCUT2D eigenvalue weighted by Crippen LogP contribution is -2.34. The monoisotopic (exact) mass is 413 g/mol. The Labute approximate surface area is 128 Å². The molecule has 1 rings (SSSR count). The minimum Gasteiger partial charge on any atom is -0.399 e. The third-order valence-electron chi connectivity index (χ3n) is 2.08. The van der Waals surface area contributed by atoms with Gasteiger partial charge in [0.25, 0.3) is 0 Å². The Bertz CT molecular complexity index is 567. The lowest BCUT2D eigenvalue weighted by atomic mass is 10.3. The van der Waals surface area contributed by atoms with Gasteiger partial charge in [-0.2, -0.15) is 0 Å². The number of nitrogens with two attached hydrogens (primary N) is 1. The molecule has 0 aliphatic rings. The van der Waals surface area contributed by atoms with E-state index in [0.717, 1.165) is 0 Å². The highest BCUT2D eigenvalue weighted by Crippen LogP contribution is 2.32. The molecule has 106 valence electrons. The number of hydrogen-bond acceptors (Lipinski definition) is 4. The van der Waals surface area contributed by atoms with Gasteiger partial charge in [0.1, 0.15) is 4.90 Å². The minimum absolute atomic E-state index is 0.0736. The van der Waals surface area contributed by atoms with Crippen molar-refractivity contribution in [3.63, 3.8) is 0 Å². The number of carbonyl (C=O) groups is 1. The second kappa shape index (κ2) is 6.69. The van der Waals surface area contributed by atoms with Crippen molar-refractivity contribution in [2.45, 2.75) is 11.8 Å². The fourth-order valence-corrected chi connectivity index (χ4v) is 4.98. The van der Waals surface area contributed by atoms with Crippen molar-refractivity contribution in [3.8, 4) is 0 Å². The van der Waals surface area contributed by atoms with Gasteiger partial charge >= 0.3 is 0 Å². The minimum atomic E-state index is -3.69. The second-order valence-electron chi connectivity index (χ2n) is 3.69. The van der Waals surface area contributed by atoms with E-state index in [1.807, 2.05) is 0 Å². The molecule has 0 aliphatic carbocycles. The van der Waals surface area contributed by atoms with Gasteiger partial charge in [-0.15, -0.1) is 0 Å². The predicted molar refractivity (Wildman–Crippen MR) is 80.1 cm³/mol. The molecule has 0 saturated carbocycles. The van der Waals surface area contributed by atoms with Crippen molar-refractivity contribution >= 4 is 53.5 Å². The lowest BCUT2D eigenvalue weighted by Gasteiger charge is -2.11. The first-order valence-electron chi connectivity index (χ1n) is 5.22. The summed E-state index contributed by atoms with van der Waals surface area (Å²) in [5, 5.41) is 2.50. The summed E-state index contributed by atoms with van der Waals surface area (Å²) >= 11 is 6.33. The Morgan fingerprint density at radius 3 is 2.26 bits per heavy atom. The van der Waals surface area contributed by atoms with Gasteiger partial charge in [0.15, 0.2) is 0 Å². The van der Waals surface area contributed by atoms with Gasteiger partial charge in [0.05, 0.1) is 0 Å². The fraction of sp³-hybridized carbons (Fsp3) is 0.300. The number of amides is 1. The molecular formula is C10H13Br2N3O3S. The standard InChI is InChI=1S/C10H13Br2N3O3S/c1-6(16)14-2-3-15-19(17,18)10-8(11)4-7(13)5-9(10)12/h4-5,15H,2-3,13H2,1H3,(H,14,16). The molecule has 0 spiro atoms. The van der Waals surface area contributed by atoms with E-state index in [2.05, 4.69) is 41.9 Å². The van der Waals surface area contributed by atoms with E-state index >= 15 is 0 Å². The Balaban J connectivity index is 2.86. The third-order valence-corrected chi connectivity index (χ3v) is 5.42. The number of benzene rings is 1. The Kier molecular flexibility index (Phi) is 5.78. The normalized spacial score (nSPS) is 11.3. The van der Waals surface area contributed by atoms with Crippen LogP contribution in [0.25, 0.3) is 0 Å². The predicted octanol–water partition coefficient (Wildman–Crippen LogP) is 1.21. The molecule has 0 atom stereocenters. The SMILES string of the molecule is CC(=O)NCCNS(=O)(=O)c1c(Br)cc(N)cc1Br. The lowest BCUT2D eigenvalue weighted by molar-refractivity contribution is -0.118. The number of anilines is 1. The number of hydrogen-bond donors (Lipinski definition) is 3. The van der Waals surface area contributed by atoms with E-state index in [4.69, 9.17) is 5.73 Å². The summed E-state index contributed by atoms with van der Waals surface area (Å²) in [4.78, 5) is 10.7. The van der Waals surface area contributed by atoms with Gasteiger partial charge in [-0.3, -0.25) is 4.79 Å². The summed E-state index contributed by atoms with van der Waals surface area (Å²) in [7, 11) is -3.69. The average Bonchev–Trinajstić information content (AvgIpc) is 2.22. The number of halogens is 2. The highest BCUT2D eigenvalue weighted by Gasteiger charge is 2.21. The molecule has 0 heterocycles. The number of nitrogen functional groups attached to an aromatic ring is 1. The van der Waals surface area contributed by atoms with Crippen molar-refractivity contribution in [1.82, 2.24) is 10.0 Å². The van der Waals surface area contributed by atoms with E-state index < -0.39 is 10.0 Å². The first kappa shape index (κ1) is 16.4. The summed E-state index contributed by atoms with van der Waals surface area (Å²) in [5.41, 5.74) is 6.04. The van der Waals surface area contributed by atoms with Gasteiger partial charge in [-0.05, 0) is 44.0 Å². The van der Waals surface area contributed by atoms with Crippen LogP contribution in [0.5, 0.6) is 0 Å². The van der Waals surface area contributed by atoms with Gasteiger partial charge in [0.2, 0.25) is 15.9 Å². The molecule has 4 N–H and O–H groups in total. The molecular weight excluding hydrogens is 402 g/mol. The van der Waals surface area contributed by atoms with Gasteiger partial charge in [-0.25, -0.2) is 13.1 Å². The summed E-state index contributed by atoms with van der Waals surface area (Å²) in [6.45, 7) is 1.69. The van der Waals surface area contributed by atoms with Crippen molar-refractivity contribution in [3.05, 3.63) is 21.1 Å². The highest BCUT2D eigenvalue weighted by molar-refractivity contribution is 9.11. The van der Waals surface area contributed by atoms with Gasteiger partial charge in [-0.1, -0.05) is 0 Å². The molecule has 0 aromatic heterocycles. The van der Waals surface area contributed by atoms with Crippen LogP contribution in [0.2, 0.25) is 0 Å². The summed E-state index contributed by atoms with van der Waals surface area (Å²) in [5.74, 6) is -0.214. The quantitative estimate of drug-likeness (QED) is 0.497. The van der Waals surface area contributed by atoms with E-state index in [9.17, 15) is 13.2 Å². The van der Waals surface area contributed by atoms with Crippen LogP contribution in [0.4, 0.5) is 5.69 Å². The topological polar surface area (TPSA) is 101 Å². The number of carbonyl (C=O) groups excluding carboxylic acids is 1. The summed E-state index contributed by atoms with van der Waals surface area (Å²) in [6, 6.07) is 3.01. The van der Waals surface area contributed by atoms with Crippen molar-refractivity contribution in [2.75, 3.05) is 18.8 Å². The zero-order chi connectivity index (χ0) is 14.6. The van der Waals surface area contributed by atoms with Crippen LogP contribution < -0.4 is 15.8 Å². The van der Waals surface area contributed by atoms with Crippen LogP contribution in [-0.2, 0) is 14.8 Å². The summed E-state index contributed by atoms with van der Waals surface area (Å²) in [6.07, 6.45) is 0. The van der Waals surface area contributed by atoms with E-state index in [1.54, 1.807) is 0 Å². The summed E-state index contributed by atoms with van der Waals surface area (Å²) < 4.78 is 27.3. The Morgan fingerprint density at radius 1 is 1.26 bits per heavy atom. The van der Waals surface area contributed by atoms with Crippen LogP contribution >= 0.6 is 31.9 Å². The molecule has 1 amide bonds. The maximum Gasteiger partial charge on any atom is 0.242 e. The van der Waals surface area contributed by atoms with E-state index in [1.165, 1.54) is 19.1 Å². The van der Waals surface area contributed by atoms with Crippen molar-refractivity contribution in [1.29, 1.82) is 0 Å². The molecule has 9 heteroatoms. The molecule has 0 fully saturated rings. The van der Waals surface area contributed by atoms with Crippen LogP contribution in [0.3, 0.4) is 0 Å². The van der Waals surface area contributed by atoms with Gasteiger partial charge in [0, 0.05) is 34.6 Å². The average molecular weight is 415 g/mol. The molecule has 0 bridgehead atoms. The largest absolute Gasteiger partial charge is 0.399 e. The maximum atomic E-state index is 12.1. The molecule has 0 aliphatic heterocycles. The third kappa shape index (κ3) is 4.75. The fourth-order valence-electron chi connectivity index (χ4n) is 1.33. The van der Waals surface area contributed by atoms with Crippen molar-refractivity contribution in [2.24, 2.45) is 0 Å². The molecule has 6 nitrogen and oxygen atoms in total. The highest BCUT2D eigenvalue weighted by atomic mass is 79.9. The van der Waals surface area contributed by atoms with Crippen LogP contribution in [0.1, 0.15) is 6.92 Å². The number of rotatable bonds is 5. The molecule has 1 aromatic carbocycles. The molecule has 19 heavy (non-hydrogen) atoms. The zero-order valence-corrected chi connectivity index (χ0v) is 14.0. The van der Waals surface area contributed by atoms with E-state index in [-0.39, 0.29) is 23.9 Å². The molecule has 1 aromatic rings. The smallest absolute Gasteiger partial charge is 0.242 e. The van der Waals surface area contributed by atoms with Crippen LogP contribution in [-0.4, -0.2) is 27.4 Å². The Morgan fingerprint density at radius 2 is 1.79 bits per heavy atom. The first-order valence-corrected chi connectivity index (χ1v) is 8.29. The van der Waals surface area contributed by atoms with Crippen LogP contribution in [0.15, 0.2) is 26.0 Å². The van der Waals surface area contributed by atoms with E-state index in [0.29, 0.717) is 14.6 Å². The van der Waals surface area contributed by atoms with Crippen molar-refractivity contribution < 1.29 is 13.2 Å². The zero-order valence-electron chi connectivity index (χ0n) is 10.0. The first-order chi connectivity index (χ1) is 8.74. The molecule has 0 radical (unpaired) electrons.